The highest BCUT2D eigenvalue weighted by atomic mass is 32.2. The molecular formula is C16H16N2O4S. The SMILES string of the molecule is Cc1ccc(S(=O)(=O)N(C)/N=C/c2ccc(C(=O)O)cc2)cc1. The molecule has 0 aliphatic heterocycles. The second kappa shape index (κ2) is 6.62. The molecule has 0 unspecified atom stereocenters. The van der Waals surface area contributed by atoms with E-state index in [9.17, 15) is 13.2 Å². The lowest BCUT2D eigenvalue weighted by molar-refractivity contribution is 0.0697. The topological polar surface area (TPSA) is 87.0 Å². The van der Waals surface area contributed by atoms with Crippen LogP contribution in [0.2, 0.25) is 0 Å². The van der Waals surface area contributed by atoms with E-state index in [4.69, 9.17) is 5.11 Å². The minimum absolute atomic E-state index is 0.155. The lowest BCUT2D eigenvalue weighted by Crippen LogP contribution is -2.21. The lowest BCUT2D eigenvalue weighted by atomic mass is 10.1. The van der Waals surface area contributed by atoms with Crippen LogP contribution in [0, 0.1) is 6.92 Å². The molecule has 120 valence electrons. The van der Waals surface area contributed by atoms with Crippen LogP contribution in [-0.4, -0.2) is 37.2 Å². The summed E-state index contributed by atoms with van der Waals surface area (Å²) in [5.74, 6) is -1.02. The van der Waals surface area contributed by atoms with Gasteiger partial charge >= 0.3 is 5.97 Å². The summed E-state index contributed by atoms with van der Waals surface area (Å²) in [4.78, 5) is 10.9. The summed E-state index contributed by atoms with van der Waals surface area (Å²) in [7, 11) is -2.36. The van der Waals surface area contributed by atoms with Crippen molar-refractivity contribution in [3.05, 3.63) is 65.2 Å². The minimum Gasteiger partial charge on any atom is -0.478 e. The molecule has 0 aromatic heterocycles. The van der Waals surface area contributed by atoms with Crippen molar-refractivity contribution in [2.45, 2.75) is 11.8 Å². The number of nitrogens with zero attached hydrogens (tertiary/aromatic N) is 2. The molecule has 0 spiro atoms. The first-order chi connectivity index (χ1) is 10.8. The number of hydrogen-bond donors (Lipinski definition) is 1. The minimum atomic E-state index is -3.71. The maximum Gasteiger partial charge on any atom is 0.335 e. The molecule has 6 nitrogen and oxygen atoms in total. The number of aromatic carboxylic acids is 1. The fraction of sp³-hybridized carbons (Fsp3) is 0.125. The fourth-order valence-corrected chi connectivity index (χ4v) is 2.74. The van der Waals surface area contributed by atoms with Crippen LogP contribution in [0.25, 0.3) is 0 Å². The Hall–Kier alpha value is -2.67. The van der Waals surface area contributed by atoms with Crippen molar-refractivity contribution in [1.29, 1.82) is 0 Å². The molecule has 2 aromatic carbocycles. The normalized spacial score (nSPS) is 11.6. The standard InChI is InChI=1S/C16H16N2O4S/c1-12-3-9-15(10-4-12)23(21,22)18(2)17-11-13-5-7-14(8-6-13)16(19)20/h3-11H,1-2H3,(H,19,20)/b17-11+. The average molecular weight is 332 g/mol. The van der Waals surface area contributed by atoms with Crippen molar-refractivity contribution in [1.82, 2.24) is 4.41 Å². The van der Waals surface area contributed by atoms with Crippen molar-refractivity contribution in [2.24, 2.45) is 5.10 Å². The Morgan fingerprint density at radius 2 is 1.65 bits per heavy atom. The molecule has 0 heterocycles. The molecule has 2 aromatic rings. The average Bonchev–Trinajstić information content (AvgIpc) is 2.53. The van der Waals surface area contributed by atoms with E-state index in [1.54, 1.807) is 24.3 Å². The van der Waals surface area contributed by atoms with Gasteiger partial charge in [0, 0.05) is 7.05 Å². The van der Waals surface area contributed by atoms with Gasteiger partial charge in [-0.3, -0.25) is 0 Å². The van der Waals surface area contributed by atoms with Crippen molar-refractivity contribution in [3.63, 3.8) is 0 Å². The van der Waals surface area contributed by atoms with Crippen LogP contribution in [0.5, 0.6) is 0 Å². The van der Waals surface area contributed by atoms with E-state index < -0.39 is 16.0 Å². The molecule has 0 radical (unpaired) electrons. The summed E-state index contributed by atoms with van der Waals surface area (Å²) in [6.07, 6.45) is 1.36. The summed E-state index contributed by atoms with van der Waals surface area (Å²) in [6, 6.07) is 12.5. The molecule has 0 bridgehead atoms. The molecule has 23 heavy (non-hydrogen) atoms. The summed E-state index contributed by atoms with van der Waals surface area (Å²) >= 11 is 0. The van der Waals surface area contributed by atoms with Crippen LogP contribution in [0.15, 0.2) is 58.5 Å². The summed E-state index contributed by atoms with van der Waals surface area (Å²) in [6.45, 7) is 1.87. The number of carbonyl (C=O) groups is 1. The van der Waals surface area contributed by atoms with E-state index in [1.165, 1.54) is 37.5 Å². The molecule has 0 aliphatic rings. The van der Waals surface area contributed by atoms with Gasteiger partial charge in [-0.15, -0.1) is 0 Å². The van der Waals surface area contributed by atoms with Crippen LogP contribution in [0.4, 0.5) is 0 Å². The third-order valence-electron chi connectivity index (χ3n) is 3.19. The van der Waals surface area contributed by atoms with E-state index in [1.807, 2.05) is 6.92 Å². The van der Waals surface area contributed by atoms with Gasteiger partial charge in [-0.2, -0.15) is 17.9 Å². The molecule has 2 rings (SSSR count). The first-order valence-electron chi connectivity index (χ1n) is 6.73. The van der Waals surface area contributed by atoms with Gasteiger partial charge in [-0.1, -0.05) is 29.8 Å². The molecule has 1 N–H and O–H groups in total. The van der Waals surface area contributed by atoms with E-state index in [2.05, 4.69) is 5.10 Å². The Balaban J connectivity index is 2.18. The maximum absolute atomic E-state index is 12.3. The maximum atomic E-state index is 12.3. The number of benzene rings is 2. The van der Waals surface area contributed by atoms with Gasteiger partial charge in [0.05, 0.1) is 16.7 Å². The Bertz CT molecular complexity index is 825. The predicted molar refractivity (Wildman–Crippen MR) is 87.1 cm³/mol. The summed E-state index contributed by atoms with van der Waals surface area (Å²) in [5.41, 5.74) is 1.72. The molecular weight excluding hydrogens is 316 g/mol. The monoisotopic (exact) mass is 332 g/mol. The summed E-state index contributed by atoms with van der Waals surface area (Å²) < 4.78 is 25.6. The number of hydrogen-bond acceptors (Lipinski definition) is 4. The first kappa shape index (κ1) is 16.7. The van der Waals surface area contributed by atoms with Gasteiger partial charge in [0.2, 0.25) is 0 Å². The fourth-order valence-electron chi connectivity index (χ4n) is 1.78. The number of carboxylic acids is 1. The third-order valence-corrected chi connectivity index (χ3v) is 4.85. The van der Waals surface area contributed by atoms with Crippen LogP contribution in [-0.2, 0) is 10.0 Å². The Morgan fingerprint density at radius 1 is 1.09 bits per heavy atom. The number of hydrazone groups is 1. The van der Waals surface area contributed by atoms with E-state index >= 15 is 0 Å². The number of aryl methyl sites for hydroxylation is 1. The molecule has 0 saturated carbocycles. The van der Waals surface area contributed by atoms with E-state index in [-0.39, 0.29) is 10.5 Å². The van der Waals surface area contributed by atoms with Crippen LogP contribution in [0.3, 0.4) is 0 Å². The number of sulfonamides is 1. The Labute approximate surface area is 134 Å². The zero-order valence-electron chi connectivity index (χ0n) is 12.7. The zero-order valence-corrected chi connectivity index (χ0v) is 13.5. The van der Waals surface area contributed by atoms with E-state index in [0.717, 1.165) is 9.98 Å². The second-order valence-corrected chi connectivity index (χ2v) is 6.87. The van der Waals surface area contributed by atoms with Crippen LogP contribution >= 0.6 is 0 Å². The van der Waals surface area contributed by atoms with Gasteiger partial charge < -0.3 is 5.11 Å². The molecule has 0 aliphatic carbocycles. The molecule has 0 saturated heterocycles. The van der Waals surface area contributed by atoms with Gasteiger partial charge in [0.15, 0.2) is 0 Å². The van der Waals surface area contributed by atoms with Crippen molar-refractivity contribution < 1.29 is 18.3 Å². The zero-order chi connectivity index (χ0) is 17.0. The van der Waals surface area contributed by atoms with Gasteiger partial charge in [-0.25, -0.2) is 4.79 Å². The Kier molecular flexibility index (Phi) is 4.80. The van der Waals surface area contributed by atoms with E-state index in [0.29, 0.717) is 5.56 Å². The molecule has 0 amide bonds. The van der Waals surface area contributed by atoms with Crippen LogP contribution in [0.1, 0.15) is 21.5 Å². The van der Waals surface area contributed by atoms with Gasteiger partial charge in [-0.05, 0) is 36.8 Å². The van der Waals surface area contributed by atoms with Crippen molar-refractivity contribution >= 4 is 22.2 Å². The Morgan fingerprint density at radius 3 is 2.17 bits per heavy atom. The number of carboxylic acid groups (broad SMARTS) is 1. The van der Waals surface area contributed by atoms with Crippen molar-refractivity contribution in [2.75, 3.05) is 7.05 Å². The quantitative estimate of drug-likeness (QED) is 0.672. The van der Waals surface area contributed by atoms with Gasteiger partial charge in [0.1, 0.15) is 0 Å². The predicted octanol–water partition coefficient (Wildman–Crippen LogP) is 2.35. The highest BCUT2D eigenvalue weighted by molar-refractivity contribution is 7.89. The smallest absolute Gasteiger partial charge is 0.335 e. The second-order valence-electron chi connectivity index (χ2n) is 4.92. The summed E-state index contributed by atoms with van der Waals surface area (Å²) in [5, 5.41) is 12.7. The highest BCUT2D eigenvalue weighted by Crippen LogP contribution is 2.15. The molecule has 0 atom stereocenters. The number of rotatable bonds is 5. The van der Waals surface area contributed by atoms with Crippen molar-refractivity contribution in [3.8, 4) is 0 Å². The highest BCUT2D eigenvalue weighted by Gasteiger charge is 2.18. The molecule has 7 heteroatoms. The first-order valence-corrected chi connectivity index (χ1v) is 8.17. The largest absolute Gasteiger partial charge is 0.478 e. The van der Waals surface area contributed by atoms with Crippen LogP contribution < -0.4 is 0 Å². The lowest BCUT2D eigenvalue weighted by Gasteiger charge is -2.13. The molecule has 0 fully saturated rings. The third kappa shape index (κ3) is 3.95. The van der Waals surface area contributed by atoms with Gasteiger partial charge in [0.25, 0.3) is 10.0 Å².